The van der Waals surface area contributed by atoms with Crippen LogP contribution < -0.4 is 9.47 Å². The lowest BCUT2D eigenvalue weighted by atomic mass is 9.81. The number of rotatable bonds is 4. The minimum absolute atomic E-state index is 0.134. The predicted octanol–water partition coefficient (Wildman–Crippen LogP) is 2.36. The Balaban J connectivity index is 1.92. The molecule has 1 aliphatic heterocycles. The van der Waals surface area contributed by atoms with Crippen molar-refractivity contribution in [1.29, 1.82) is 0 Å². The minimum Gasteiger partial charge on any atom is -0.493 e. The zero-order valence-corrected chi connectivity index (χ0v) is 12.7. The summed E-state index contributed by atoms with van der Waals surface area (Å²) in [6.07, 6.45) is 0.586. The van der Waals surface area contributed by atoms with Crippen molar-refractivity contribution in [2.24, 2.45) is 0 Å². The van der Waals surface area contributed by atoms with E-state index in [9.17, 15) is 5.02 Å². The summed E-state index contributed by atoms with van der Waals surface area (Å²) in [5.41, 5.74) is 2.75. The molecular formula is C16H18BNO4. The Bertz CT molecular complexity index is 664. The largest absolute Gasteiger partial charge is 0.493 e. The fourth-order valence-corrected chi connectivity index (χ4v) is 2.65. The number of pyridine rings is 1. The second kappa shape index (κ2) is 6.38. The Labute approximate surface area is 130 Å². The maximum absolute atomic E-state index is 9.49. The van der Waals surface area contributed by atoms with Crippen LogP contribution in [-0.4, -0.2) is 38.0 Å². The van der Waals surface area contributed by atoms with E-state index in [1.165, 1.54) is 0 Å². The van der Waals surface area contributed by atoms with Gasteiger partial charge in [0.2, 0.25) is 0 Å². The molecule has 6 heteroatoms. The van der Waals surface area contributed by atoms with Crippen molar-refractivity contribution >= 4 is 7.12 Å². The summed E-state index contributed by atoms with van der Waals surface area (Å²) in [5.74, 6) is 1.50. The number of nitrogens with zero attached hydrogens (tertiary/aromatic N) is 1. The predicted molar refractivity (Wildman–Crippen MR) is 84.2 cm³/mol. The van der Waals surface area contributed by atoms with Gasteiger partial charge in [-0.1, -0.05) is 6.07 Å². The Morgan fingerprint density at radius 1 is 1.18 bits per heavy atom. The number of hydrogen-bond acceptors (Lipinski definition) is 5. The molecule has 0 bridgehead atoms. The molecule has 1 fully saturated rings. The van der Waals surface area contributed by atoms with Gasteiger partial charge in [-0.25, -0.2) is 0 Å². The second-order valence-corrected chi connectivity index (χ2v) is 5.24. The molecule has 3 rings (SSSR count). The summed E-state index contributed by atoms with van der Waals surface area (Å²) in [4.78, 5) is 4.70. The molecule has 0 spiro atoms. The highest BCUT2D eigenvalue weighted by Gasteiger charge is 2.30. The maximum Gasteiger partial charge on any atom is 0.454 e. The summed E-state index contributed by atoms with van der Waals surface area (Å²) < 4.78 is 15.8. The third-order valence-electron chi connectivity index (χ3n) is 3.84. The molecule has 0 amide bonds. The first-order valence-corrected chi connectivity index (χ1v) is 7.20. The third-order valence-corrected chi connectivity index (χ3v) is 3.84. The molecular weight excluding hydrogens is 281 g/mol. The van der Waals surface area contributed by atoms with Gasteiger partial charge in [-0.2, -0.15) is 0 Å². The first kappa shape index (κ1) is 14.9. The Hall–Kier alpha value is -2.05. The van der Waals surface area contributed by atoms with Gasteiger partial charge in [0.15, 0.2) is 11.5 Å². The number of methoxy groups -OCH3 is 2. The number of hydrogen-bond donors (Lipinski definition) is 1. The molecule has 1 saturated heterocycles. The van der Waals surface area contributed by atoms with Gasteiger partial charge in [-0.05, 0) is 36.7 Å². The lowest BCUT2D eigenvalue weighted by molar-refractivity contribution is 0.291. The number of ether oxygens (including phenoxy) is 2. The van der Waals surface area contributed by atoms with E-state index in [4.69, 9.17) is 19.1 Å². The van der Waals surface area contributed by atoms with Crippen molar-refractivity contribution in [1.82, 2.24) is 4.98 Å². The zero-order valence-electron chi connectivity index (χ0n) is 12.7. The van der Waals surface area contributed by atoms with E-state index < -0.39 is 7.12 Å². The van der Waals surface area contributed by atoms with Crippen molar-refractivity contribution in [3.8, 4) is 22.8 Å². The molecule has 1 unspecified atom stereocenters. The molecule has 2 aromatic rings. The van der Waals surface area contributed by atoms with Crippen LogP contribution in [0, 0.1) is 0 Å². The number of benzene rings is 1. The Morgan fingerprint density at radius 3 is 2.68 bits per heavy atom. The van der Waals surface area contributed by atoms with Crippen molar-refractivity contribution < 1.29 is 19.2 Å². The van der Waals surface area contributed by atoms with E-state index in [1.807, 2.05) is 36.4 Å². The highest BCUT2D eigenvalue weighted by Crippen LogP contribution is 2.33. The average molecular weight is 299 g/mol. The zero-order chi connectivity index (χ0) is 15.5. The van der Waals surface area contributed by atoms with Gasteiger partial charge >= 0.3 is 7.12 Å². The van der Waals surface area contributed by atoms with Gasteiger partial charge in [-0.3, -0.25) is 4.98 Å². The summed E-state index contributed by atoms with van der Waals surface area (Å²) in [6.45, 7) is 0.504. The van der Waals surface area contributed by atoms with Crippen LogP contribution in [0.25, 0.3) is 11.3 Å². The monoisotopic (exact) mass is 299 g/mol. The van der Waals surface area contributed by atoms with Crippen molar-refractivity contribution in [3.63, 3.8) is 0 Å². The van der Waals surface area contributed by atoms with Gasteiger partial charge in [0.1, 0.15) is 0 Å². The molecule has 1 aromatic carbocycles. The van der Waals surface area contributed by atoms with Crippen molar-refractivity contribution in [2.75, 3.05) is 20.8 Å². The summed E-state index contributed by atoms with van der Waals surface area (Å²) >= 11 is 0. The van der Waals surface area contributed by atoms with Crippen LogP contribution in [0.4, 0.5) is 0 Å². The molecule has 5 nitrogen and oxygen atoms in total. The van der Waals surface area contributed by atoms with Gasteiger partial charge < -0.3 is 19.2 Å². The number of aromatic nitrogens is 1. The second-order valence-electron chi connectivity index (χ2n) is 5.24. The van der Waals surface area contributed by atoms with Crippen LogP contribution in [0.15, 0.2) is 36.4 Å². The third kappa shape index (κ3) is 2.93. The van der Waals surface area contributed by atoms with Gasteiger partial charge in [0, 0.05) is 23.8 Å². The smallest absolute Gasteiger partial charge is 0.454 e. The van der Waals surface area contributed by atoms with E-state index in [0.717, 1.165) is 17.0 Å². The van der Waals surface area contributed by atoms with Crippen molar-refractivity contribution in [2.45, 2.75) is 12.2 Å². The lowest BCUT2D eigenvalue weighted by Crippen LogP contribution is -2.08. The Morgan fingerprint density at radius 2 is 2.00 bits per heavy atom. The maximum atomic E-state index is 9.49. The van der Waals surface area contributed by atoms with Crippen LogP contribution in [0.2, 0.25) is 6.32 Å². The fraction of sp³-hybridized carbons (Fsp3) is 0.312. The molecule has 1 N–H and O–H groups in total. The van der Waals surface area contributed by atoms with Crippen LogP contribution in [0.3, 0.4) is 0 Å². The first-order chi connectivity index (χ1) is 10.7. The van der Waals surface area contributed by atoms with E-state index in [-0.39, 0.29) is 5.92 Å². The molecule has 0 saturated carbocycles. The summed E-state index contributed by atoms with van der Waals surface area (Å²) in [7, 11) is 2.54. The van der Waals surface area contributed by atoms with E-state index >= 15 is 0 Å². The average Bonchev–Trinajstić information content (AvgIpc) is 3.01. The van der Waals surface area contributed by atoms with Crippen molar-refractivity contribution in [3.05, 3.63) is 42.1 Å². The molecule has 0 aliphatic carbocycles. The summed E-state index contributed by atoms with van der Waals surface area (Å²) in [5, 5.41) is 9.49. The Kier molecular flexibility index (Phi) is 4.31. The first-order valence-electron chi connectivity index (χ1n) is 7.20. The molecule has 1 aromatic heterocycles. The summed E-state index contributed by atoms with van der Waals surface area (Å²) in [6, 6.07) is 11.6. The molecule has 22 heavy (non-hydrogen) atoms. The topological polar surface area (TPSA) is 60.8 Å². The van der Waals surface area contributed by atoms with Crippen LogP contribution in [0.1, 0.15) is 11.6 Å². The van der Waals surface area contributed by atoms with Crippen LogP contribution in [-0.2, 0) is 4.65 Å². The quantitative estimate of drug-likeness (QED) is 0.878. The minimum atomic E-state index is -0.684. The van der Waals surface area contributed by atoms with E-state index in [1.54, 1.807) is 14.2 Å². The molecule has 0 radical (unpaired) electrons. The molecule has 1 aliphatic rings. The highest BCUT2D eigenvalue weighted by molar-refractivity contribution is 6.43. The van der Waals surface area contributed by atoms with Gasteiger partial charge in [-0.15, -0.1) is 0 Å². The lowest BCUT2D eigenvalue weighted by Gasteiger charge is -2.11. The van der Waals surface area contributed by atoms with E-state index in [2.05, 4.69) is 0 Å². The molecule has 2 heterocycles. The van der Waals surface area contributed by atoms with Crippen LogP contribution >= 0.6 is 0 Å². The normalized spacial score (nSPS) is 17.6. The van der Waals surface area contributed by atoms with Gasteiger partial charge in [0.05, 0.1) is 19.9 Å². The standard InChI is InChI=1S/C16H18BNO4/c1-20-15-7-6-11(8-16(15)21-2)13-4-3-5-14(18-13)12-9-17(19)22-10-12/h3-8,12,19H,9-10H2,1-2H3. The molecule has 114 valence electrons. The van der Waals surface area contributed by atoms with Gasteiger partial charge in [0.25, 0.3) is 0 Å². The SMILES string of the molecule is COc1ccc(-c2cccc(C3COB(O)C3)n2)cc1OC. The van der Waals surface area contributed by atoms with Crippen LogP contribution in [0.5, 0.6) is 11.5 Å². The molecule has 1 atom stereocenters. The fourth-order valence-electron chi connectivity index (χ4n) is 2.65. The highest BCUT2D eigenvalue weighted by atomic mass is 16.5. The van der Waals surface area contributed by atoms with E-state index in [0.29, 0.717) is 24.4 Å².